The predicted octanol–water partition coefficient (Wildman–Crippen LogP) is 2.46. The molecule has 118 valence electrons. The topological polar surface area (TPSA) is 35.5 Å². The zero-order valence-electron chi connectivity index (χ0n) is 13.7. The number of hydrogen-bond donors (Lipinski definition) is 2. The zero-order valence-corrected chi connectivity index (χ0v) is 13.7. The third-order valence-electron chi connectivity index (χ3n) is 5.14. The van der Waals surface area contributed by atoms with E-state index in [1.165, 1.54) is 18.4 Å². The van der Waals surface area contributed by atoms with Gasteiger partial charge in [0.15, 0.2) is 0 Å². The molecule has 0 amide bonds. The molecule has 0 spiro atoms. The molecule has 0 bridgehead atoms. The number of benzene rings is 1. The van der Waals surface area contributed by atoms with Gasteiger partial charge < -0.3 is 15.3 Å². The number of likely N-dealkylation sites (N-methyl/N-ethyl adjacent to an activating group) is 1. The summed E-state index contributed by atoms with van der Waals surface area (Å²) >= 11 is 0. The zero-order chi connectivity index (χ0) is 15.3. The smallest absolute Gasteiger partial charge is 0.0795 e. The van der Waals surface area contributed by atoms with E-state index in [1.807, 2.05) is 25.2 Å². The molecule has 1 saturated heterocycles. The Hall–Kier alpha value is -0.900. The fourth-order valence-corrected chi connectivity index (χ4v) is 3.45. The van der Waals surface area contributed by atoms with Gasteiger partial charge in [0, 0.05) is 6.54 Å². The van der Waals surface area contributed by atoms with E-state index in [1.54, 1.807) is 0 Å². The monoisotopic (exact) mass is 290 g/mol. The highest BCUT2D eigenvalue weighted by atomic mass is 16.3. The van der Waals surface area contributed by atoms with Gasteiger partial charge in [0.05, 0.1) is 12.1 Å². The van der Waals surface area contributed by atoms with E-state index >= 15 is 0 Å². The van der Waals surface area contributed by atoms with Gasteiger partial charge in [-0.2, -0.15) is 0 Å². The van der Waals surface area contributed by atoms with E-state index < -0.39 is 0 Å². The van der Waals surface area contributed by atoms with Crippen LogP contribution >= 0.6 is 0 Å². The van der Waals surface area contributed by atoms with Crippen LogP contribution in [-0.2, 0) is 5.54 Å². The van der Waals surface area contributed by atoms with Crippen molar-refractivity contribution < 1.29 is 5.11 Å². The van der Waals surface area contributed by atoms with Crippen LogP contribution in [-0.4, -0.2) is 43.3 Å². The van der Waals surface area contributed by atoms with Gasteiger partial charge in [-0.3, -0.25) is 0 Å². The van der Waals surface area contributed by atoms with Gasteiger partial charge >= 0.3 is 0 Å². The summed E-state index contributed by atoms with van der Waals surface area (Å²) in [7, 11) is 1.95. The summed E-state index contributed by atoms with van der Waals surface area (Å²) in [5.74, 6) is 1.64. The quantitative estimate of drug-likeness (QED) is 0.845. The van der Waals surface area contributed by atoms with E-state index in [0.29, 0.717) is 0 Å². The second-order valence-electron chi connectivity index (χ2n) is 6.71. The Morgan fingerprint density at radius 3 is 2.33 bits per heavy atom. The molecule has 1 aliphatic heterocycles. The molecule has 1 heterocycles. The van der Waals surface area contributed by atoms with Crippen LogP contribution in [0, 0.1) is 11.8 Å². The normalized spacial score (nSPS) is 20.6. The summed E-state index contributed by atoms with van der Waals surface area (Å²) in [5.41, 5.74) is 0.812. The lowest BCUT2D eigenvalue weighted by Crippen LogP contribution is -2.53. The molecule has 0 radical (unpaired) electrons. The lowest BCUT2D eigenvalue weighted by Gasteiger charge is -2.41. The molecule has 1 aromatic carbocycles. The third-order valence-corrected chi connectivity index (χ3v) is 5.14. The van der Waals surface area contributed by atoms with Crippen molar-refractivity contribution in [2.75, 3.05) is 33.3 Å². The van der Waals surface area contributed by atoms with E-state index in [0.717, 1.165) is 31.5 Å². The summed E-state index contributed by atoms with van der Waals surface area (Å²) in [6.45, 7) is 7.93. The number of aliphatic hydroxyl groups is 1. The van der Waals surface area contributed by atoms with Crippen molar-refractivity contribution in [3.63, 3.8) is 0 Å². The van der Waals surface area contributed by atoms with Gasteiger partial charge in [-0.15, -0.1) is 0 Å². The fourth-order valence-electron chi connectivity index (χ4n) is 3.45. The average molecular weight is 290 g/mol. The first-order valence-electron chi connectivity index (χ1n) is 8.19. The van der Waals surface area contributed by atoms with Crippen LogP contribution in [0.3, 0.4) is 0 Å². The Balaban J connectivity index is 2.04. The summed E-state index contributed by atoms with van der Waals surface area (Å²) < 4.78 is 0. The number of rotatable bonds is 6. The molecule has 21 heavy (non-hydrogen) atoms. The average Bonchev–Trinajstić information content (AvgIpc) is 2.54. The fraction of sp³-hybridized carbons (Fsp3) is 0.667. The van der Waals surface area contributed by atoms with Crippen LogP contribution in [0.1, 0.15) is 32.3 Å². The van der Waals surface area contributed by atoms with E-state index in [9.17, 15) is 5.11 Å². The van der Waals surface area contributed by atoms with Crippen molar-refractivity contribution in [3.8, 4) is 0 Å². The first-order valence-corrected chi connectivity index (χ1v) is 8.19. The number of likely N-dealkylation sites (tertiary alicyclic amines) is 1. The molecule has 3 heteroatoms. The van der Waals surface area contributed by atoms with Gasteiger partial charge in [0.1, 0.15) is 0 Å². The molecule has 2 N–H and O–H groups in total. The predicted molar refractivity (Wildman–Crippen MR) is 88.3 cm³/mol. The molecule has 0 saturated carbocycles. The maximum atomic E-state index is 10.0. The highest BCUT2D eigenvalue weighted by molar-refractivity contribution is 5.25. The van der Waals surface area contributed by atoms with Crippen molar-refractivity contribution in [1.82, 2.24) is 10.2 Å². The number of nitrogens with zero attached hydrogens (tertiary/aromatic N) is 1. The second kappa shape index (κ2) is 7.39. The minimum absolute atomic E-state index is 0.123. The van der Waals surface area contributed by atoms with Crippen LogP contribution in [0.2, 0.25) is 0 Å². The van der Waals surface area contributed by atoms with Crippen LogP contribution in [0.25, 0.3) is 0 Å². The van der Waals surface area contributed by atoms with Gasteiger partial charge in [-0.1, -0.05) is 44.2 Å². The molecule has 1 aliphatic rings. The number of hydrogen-bond acceptors (Lipinski definition) is 3. The van der Waals surface area contributed by atoms with Crippen LogP contribution in [0.15, 0.2) is 30.3 Å². The summed E-state index contributed by atoms with van der Waals surface area (Å²) in [6, 6.07) is 10.3. The van der Waals surface area contributed by atoms with Crippen molar-refractivity contribution in [2.45, 2.75) is 32.2 Å². The van der Waals surface area contributed by atoms with Gasteiger partial charge in [-0.25, -0.2) is 0 Å². The summed E-state index contributed by atoms with van der Waals surface area (Å²) in [6.07, 6.45) is 2.55. The van der Waals surface area contributed by atoms with E-state index in [2.05, 4.69) is 36.2 Å². The van der Waals surface area contributed by atoms with E-state index in [4.69, 9.17) is 0 Å². The van der Waals surface area contributed by atoms with Gasteiger partial charge in [-0.05, 0) is 50.4 Å². The maximum absolute atomic E-state index is 10.0. The number of aliphatic hydroxyl groups excluding tert-OH is 1. The van der Waals surface area contributed by atoms with Gasteiger partial charge in [0.25, 0.3) is 0 Å². The third kappa shape index (κ3) is 3.85. The lowest BCUT2D eigenvalue weighted by molar-refractivity contribution is 0.0824. The molecule has 2 rings (SSSR count). The summed E-state index contributed by atoms with van der Waals surface area (Å²) in [4.78, 5) is 2.50. The van der Waals surface area contributed by atoms with Crippen LogP contribution < -0.4 is 5.32 Å². The minimum Gasteiger partial charge on any atom is -0.394 e. The molecule has 1 aromatic rings. The first kappa shape index (κ1) is 16.5. The molecule has 0 aromatic heterocycles. The highest BCUT2D eigenvalue weighted by Gasteiger charge is 2.33. The maximum Gasteiger partial charge on any atom is 0.0795 e. The SMILES string of the molecule is CNC(CO)(CN1CCC(C(C)C)CC1)c1ccccc1. The van der Waals surface area contributed by atoms with Crippen molar-refractivity contribution in [1.29, 1.82) is 0 Å². The van der Waals surface area contributed by atoms with Crippen molar-refractivity contribution in [2.24, 2.45) is 11.8 Å². The second-order valence-corrected chi connectivity index (χ2v) is 6.71. The molecular weight excluding hydrogens is 260 g/mol. The van der Waals surface area contributed by atoms with Crippen LogP contribution in [0.5, 0.6) is 0 Å². The minimum atomic E-state index is -0.355. The molecule has 1 unspecified atom stereocenters. The van der Waals surface area contributed by atoms with Crippen LogP contribution in [0.4, 0.5) is 0 Å². The van der Waals surface area contributed by atoms with Crippen molar-refractivity contribution >= 4 is 0 Å². The number of piperidine rings is 1. The number of nitrogens with one attached hydrogen (secondary N) is 1. The molecule has 3 nitrogen and oxygen atoms in total. The van der Waals surface area contributed by atoms with Crippen molar-refractivity contribution in [3.05, 3.63) is 35.9 Å². The largest absolute Gasteiger partial charge is 0.394 e. The Kier molecular flexibility index (Phi) is 5.80. The van der Waals surface area contributed by atoms with Gasteiger partial charge in [0.2, 0.25) is 0 Å². The highest BCUT2D eigenvalue weighted by Crippen LogP contribution is 2.28. The molecule has 1 fully saturated rings. The lowest BCUT2D eigenvalue weighted by atomic mass is 9.85. The molecule has 1 atom stereocenters. The first-order chi connectivity index (χ1) is 10.1. The molecule has 0 aliphatic carbocycles. The Bertz CT molecular complexity index is 406. The standard InChI is InChI=1S/C18H30N2O/c1-15(2)16-9-11-20(12-10-16)13-18(14-21,19-3)17-7-5-4-6-8-17/h4-8,15-16,19,21H,9-14H2,1-3H3. The Labute approximate surface area is 129 Å². The Morgan fingerprint density at radius 2 is 1.86 bits per heavy atom. The Morgan fingerprint density at radius 1 is 1.24 bits per heavy atom. The summed E-state index contributed by atoms with van der Waals surface area (Å²) in [5, 5.41) is 13.4. The molecular formula is C18H30N2O. The van der Waals surface area contributed by atoms with E-state index in [-0.39, 0.29) is 12.1 Å².